The van der Waals surface area contributed by atoms with E-state index in [4.69, 9.17) is 0 Å². The molecule has 0 radical (unpaired) electrons. The molecule has 0 N–H and O–H groups in total. The van der Waals surface area contributed by atoms with Crippen LogP contribution in [-0.2, 0) is 11.3 Å². The van der Waals surface area contributed by atoms with E-state index < -0.39 is 0 Å². The van der Waals surface area contributed by atoms with Crippen molar-refractivity contribution in [2.45, 2.75) is 46.1 Å². The second-order valence-corrected chi connectivity index (χ2v) is 4.49. The van der Waals surface area contributed by atoms with Gasteiger partial charge in [-0.2, -0.15) is 0 Å². The van der Waals surface area contributed by atoms with Gasteiger partial charge in [-0.1, -0.05) is 12.8 Å². The van der Waals surface area contributed by atoms with Crippen LogP contribution in [0.1, 0.15) is 37.1 Å². The highest BCUT2D eigenvalue weighted by Gasteiger charge is 2.22. The number of ketones is 1. The molecule has 15 heavy (non-hydrogen) atoms. The van der Waals surface area contributed by atoms with E-state index in [1.807, 2.05) is 18.4 Å². The maximum absolute atomic E-state index is 11.9. The van der Waals surface area contributed by atoms with Gasteiger partial charge in [-0.3, -0.25) is 4.79 Å². The molecule has 0 atom stereocenters. The minimum Gasteiger partial charge on any atom is -0.327 e. The van der Waals surface area contributed by atoms with E-state index in [1.165, 1.54) is 12.8 Å². The lowest BCUT2D eigenvalue weighted by Gasteiger charge is -2.09. The van der Waals surface area contributed by atoms with Crippen molar-refractivity contribution in [3.05, 3.63) is 17.7 Å². The molecule has 0 spiro atoms. The molecule has 1 aromatic heterocycles. The number of hydrogen-bond donors (Lipinski definition) is 0. The zero-order valence-corrected chi connectivity index (χ0v) is 9.49. The van der Waals surface area contributed by atoms with Crippen molar-refractivity contribution in [3.63, 3.8) is 0 Å². The monoisotopic (exact) mass is 206 g/mol. The first-order valence-electron chi connectivity index (χ1n) is 5.69. The van der Waals surface area contributed by atoms with Gasteiger partial charge in [-0.15, -0.1) is 0 Å². The van der Waals surface area contributed by atoms with E-state index in [2.05, 4.69) is 4.98 Å². The van der Waals surface area contributed by atoms with Gasteiger partial charge < -0.3 is 4.57 Å². The van der Waals surface area contributed by atoms with E-state index >= 15 is 0 Å². The minimum absolute atomic E-state index is 0.312. The summed E-state index contributed by atoms with van der Waals surface area (Å²) in [4.78, 5) is 16.1. The average molecular weight is 206 g/mol. The van der Waals surface area contributed by atoms with E-state index in [0.717, 1.165) is 24.2 Å². The molecule has 0 aromatic carbocycles. The van der Waals surface area contributed by atoms with Crippen molar-refractivity contribution in [1.82, 2.24) is 9.55 Å². The summed E-state index contributed by atoms with van der Waals surface area (Å²) in [6, 6.07) is 0. The topological polar surface area (TPSA) is 34.9 Å². The fourth-order valence-corrected chi connectivity index (χ4v) is 2.25. The van der Waals surface area contributed by atoms with Crippen molar-refractivity contribution >= 4 is 5.78 Å². The lowest BCUT2D eigenvalue weighted by Crippen LogP contribution is -2.18. The molecule has 1 aromatic rings. The van der Waals surface area contributed by atoms with Crippen LogP contribution >= 0.6 is 0 Å². The van der Waals surface area contributed by atoms with Crippen molar-refractivity contribution < 1.29 is 4.79 Å². The zero-order chi connectivity index (χ0) is 10.8. The summed E-state index contributed by atoms with van der Waals surface area (Å²) in [6.07, 6.45) is 6.39. The number of Topliss-reactive ketones (excluding diaryl/α,β-unsaturated/α-hetero) is 1. The molecule has 0 amide bonds. The van der Waals surface area contributed by atoms with Gasteiger partial charge in [-0.05, 0) is 26.7 Å². The number of aryl methyl sites for hydroxylation is 1. The molecule has 82 valence electrons. The van der Waals surface area contributed by atoms with Crippen LogP contribution in [0.4, 0.5) is 0 Å². The molecular formula is C12H18N2O. The smallest absolute Gasteiger partial charge is 0.155 e. The molecular weight excluding hydrogens is 188 g/mol. The highest BCUT2D eigenvalue weighted by molar-refractivity contribution is 5.81. The summed E-state index contributed by atoms with van der Waals surface area (Å²) < 4.78 is 1.97. The molecule has 0 unspecified atom stereocenters. The van der Waals surface area contributed by atoms with Gasteiger partial charge in [-0.25, -0.2) is 4.98 Å². The Labute approximate surface area is 90.5 Å². The third-order valence-electron chi connectivity index (χ3n) is 3.48. The number of hydrogen-bond acceptors (Lipinski definition) is 2. The molecule has 0 aliphatic heterocycles. The van der Waals surface area contributed by atoms with Crippen molar-refractivity contribution in [3.8, 4) is 0 Å². The summed E-state index contributed by atoms with van der Waals surface area (Å²) in [5, 5.41) is 0. The standard InChI is InChI=1S/C12H18N2O/c1-9-10(2)14(8-13-9)7-12(15)11-5-3-4-6-11/h8,11H,3-7H2,1-2H3. The molecule has 3 nitrogen and oxygen atoms in total. The van der Waals surface area contributed by atoms with Crippen LogP contribution in [-0.4, -0.2) is 15.3 Å². The van der Waals surface area contributed by atoms with E-state index in [0.29, 0.717) is 18.2 Å². The van der Waals surface area contributed by atoms with Crippen LogP contribution in [0.5, 0.6) is 0 Å². The Morgan fingerprint density at radius 1 is 1.47 bits per heavy atom. The largest absolute Gasteiger partial charge is 0.327 e. The minimum atomic E-state index is 0.312. The average Bonchev–Trinajstić information content (AvgIpc) is 2.83. The number of aromatic nitrogens is 2. The predicted molar refractivity (Wildman–Crippen MR) is 58.7 cm³/mol. The number of carbonyl (C=O) groups is 1. The lowest BCUT2D eigenvalue weighted by molar-refractivity contribution is -0.123. The molecule has 1 fully saturated rings. The number of rotatable bonds is 3. The van der Waals surface area contributed by atoms with Crippen LogP contribution in [0.25, 0.3) is 0 Å². The predicted octanol–water partition coefficient (Wildman–Crippen LogP) is 2.26. The zero-order valence-electron chi connectivity index (χ0n) is 9.49. The van der Waals surface area contributed by atoms with Gasteiger partial charge in [0, 0.05) is 11.6 Å². The first-order valence-corrected chi connectivity index (χ1v) is 5.69. The van der Waals surface area contributed by atoms with E-state index in [9.17, 15) is 4.79 Å². The van der Waals surface area contributed by atoms with Crippen molar-refractivity contribution in [1.29, 1.82) is 0 Å². The molecule has 3 heteroatoms. The van der Waals surface area contributed by atoms with Crippen molar-refractivity contribution in [2.75, 3.05) is 0 Å². The maximum Gasteiger partial charge on any atom is 0.155 e. The molecule has 1 saturated carbocycles. The first kappa shape index (κ1) is 10.4. The summed E-state index contributed by atoms with van der Waals surface area (Å²) in [5.74, 6) is 0.695. The second kappa shape index (κ2) is 4.17. The Morgan fingerprint density at radius 2 is 2.13 bits per heavy atom. The van der Waals surface area contributed by atoms with E-state index in [1.54, 1.807) is 6.33 Å². The summed E-state index contributed by atoms with van der Waals surface area (Å²) in [5.41, 5.74) is 2.13. The molecule has 0 saturated heterocycles. The third kappa shape index (κ3) is 2.11. The van der Waals surface area contributed by atoms with Gasteiger partial charge in [0.15, 0.2) is 5.78 Å². The van der Waals surface area contributed by atoms with Crippen LogP contribution in [0, 0.1) is 19.8 Å². The van der Waals surface area contributed by atoms with Gasteiger partial charge in [0.25, 0.3) is 0 Å². The Hall–Kier alpha value is -1.12. The molecule has 1 aliphatic rings. The highest BCUT2D eigenvalue weighted by atomic mass is 16.1. The quantitative estimate of drug-likeness (QED) is 0.760. The first-order chi connectivity index (χ1) is 7.18. The third-order valence-corrected chi connectivity index (χ3v) is 3.48. The Kier molecular flexibility index (Phi) is 2.89. The van der Waals surface area contributed by atoms with Gasteiger partial charge >= 0.3 is 0 Å². The molecule has 1 heterocycles. The van der Waals surface area contributed by atoms with Crippen LogP contribution in [0.2, 0.25) is 0 Å². The molecule has 2 rings (SSSR count). The maximum atomic E-state index is 11.9. The fourth-order valence-electron chi connectivity index (χ4n) is 2.25. The Bertz CT molecular complexity index is 362. The highest BCUT2D eigenvalue weighted by Crippen LogP contribution is 2.26. The van der Waals surface area contributed by atoms with Crippen molar-refractivity contribution in [2.24, 2.45) is 5.92 Å². The summed E-state index contributed by atoms with van der Waals surface area (Å²) in [7, 11) is 0. The van der Waals surface area contributed by atoms with Crippen LogP contribution < -0.4 is 0 Å². The number of nitrogens with zero attached hydrogens (tertiary/aromatic N) is 2. The normalized spacial score (nSPS) is 17.2. The van der Waals surface area contributed by atoms with Gasteiger partial charge in [0.05, 0.1) is 18.6 Å². The van der Waals surface area contributed by atoms with Gasteiger partial charge in [0.2, 0.25) is 0 Å². The number of imidazole rings is 1. The lowest BCUT2D eigenvalue weighted by atomic mass is 10.0. The van der Waals surface area contributed by atoms with Crippen LogP contribution in [0.3, 0.4) is 0 Å². The molecule has 0 bridgehead atoms. The second-order valence-electron chi connectivity index (χ2n) is 4.49. The summed E-state index contributed by atoms with van der Waals surface area (Å²) >= 11 is 0. The molecule has 1 aliphatic carbocycles. The fraction of sp³-hybridized carbons (Fsp3) is 0.667. The Balaban J connectivity index is 2.02. The Morgan fingerprint density at radius 3 is 2.67 bits per heavy atom. The summed E-state index contributed by atoms with van der Waals surface area (Å²) in [6.45, 7) is 4.51. The van der Waals surface area contributed by atoms with E-state index in [-0.39, 0.29) is 0 Å². The van der Waals surface area contributed by atoms with Gasteiger partial charge in [0.1, 0.15) is 0 Å². The number of carbonyl (C=O) groups excluding carboxylic acids is 1. The van der Waals surface area contributed by atoms with Crippen LogP contribution in [0.15, 0.2) is 6.33 Å². The SMILES string of the molecule is Cc1ncn(CC(=O)C2CCCC2)c1C.